The molecule has 2 nitrogen and oxygen atoms in total. The summed E-state index contributed by atoms with van der Waals surface area (Å²) in [7, 11) is 1.92. The Morgan fingerprint density at radius 3 is 2.33 bits per heavy atom. The smallest absolute Gasteiger partial charge is 0.0346 e. The fourth-order valence-corrected chi connectivity index (χ4v) is 1.54. The molecular weight excluding hydrogens is 184 g/mol. The van der Waals surface area contributed by atoms with Gasteiger partial charge in [-0.05, 0) is 36.2 Å². The van der Waals surface area contributed by atoms with E-state index in [1.54, 1.807) is 0 Å². The van der Waals surface area contributed by atoms with Crippen LogP contribution in [0.1, 0.15) is 5.56 Å². The maximum Gasteiger partial charge on any atom is 0.0346 e. The molecule has 2 heteroatoms. The Morgan fingerprint density at radius 2 is 1.73 bits per heavy atom. The average Bonchev–Trinajstić information content (AvgIpc) is 2.29. The number of aryl methyl sites for hydroxylation is 1. The fraction of sp³-hybridized carbons (Fsp3) is 0.154. The van der Waals surface area contributed by atoms with Gasteiger partial charge in [0.1, 0.15) is 0 Å². The van der Waals surface area contributed by atoms with Crippen molar-refractivity contribution in [1.82, 2.24) is 4.98 Å². The zero-order chi connectivity index (χ0) is 10.7. The van der Waals surface area contributed by atoms with Gasteiger partial charge in [0, 0.05) is 30.7 Å². The van der Waals surface area contributed by atoms with Crippen LogP contribution in [0.4, 0.5) is 5.69 Å². The standard InChI is InChI=1S/C13H14N2/c1-10-7-12(9-15-8-10)11-3-5-13(14-2)6-4-11/h3-9,14H,1-2H3. The topological polar surface area (TPSA) is 24.9 Å². The third-order valence-electron chi connectivity index (χ3n) is 2.38. The first kappa shape index (κ1) is 9.71. The molecule has 1 N–H and O–H groups in total. The molecule has 0 radical (unpaired) electrons. The predicted molar refractivity (Wildman–Crippen MR) is 64.0 cm³/mol. The van der Waals surface area contributed by atoms with E-state index in [2.05, 4.69) is 47.6 Å². The van der Waals surface area contributed by atoms with E-state index in [4.69, 9.17) is 0 Å². The molecule has 2 rings (SSSR count). The molecule has 0 spiro atoms. The Kier molecular flexibility index (Phi) is 2.68. The molecule has 0 aliphatic heterocycles. The highest BCUT2D eigenvalue weighted by Crippen LogP contribution is 2.20. The van der Waals surface area contributed by atoms with Crippen LogP contribution >= 0.6 is 0 Å². The summed E-state index contributed by atoms with van der Waals surface area (Å²) in [5.74, 6) is 0. The lowest BCUT2D eigenvalue weighted by atomic mass is 10.1. The summed E-state index contributed by atoms with van der Waals surface area (Å²) in [6.45, 7) is 2.05. The average molecular weight is 198 g/mol. The predicted octanol–water partition coefficient (Wildman–Crippen LogP) is 3.10. The molecule has 2 aromatic rings. The second-order valence-electron chi connectivity index (χ2n) is 3.58. The van der Waals surface area contributed by atoms with Crippen molar-refractivity contribution in [1.29, 1.82) is 0 Å². The number of hydrogen-bond donors (Lipinski definition) is 1. The number of hydrogen-bond acceptors (Lipinski definition) is 2. The lowest BCUT2D eigenvalue weighted by Crippen LogP contribution is -1.87. The van der Waals surface area contributed by atoms with E-state index in [-0.39, 0.29) is 0 Å². The first-order chi connectivity index (χ1) is 7.29. The number of benzene rings is 1. The number of pyridine rings is 1. The lowest BCUT2D eigenvalue weighted by molar-refractivity contribution is 1.27. The number of anilines is 1. The van der Waals surface area contributed by atoms with Crippen LogP contribution in [-0.4, -0.2) is 12.0 Å². The molecule has 0 aliphatic carbocycles. The molecule has 0 bridgehead atoms. The lowest BCUT2D eigenvalue weighted by Gasteiger charge is -2.04. The van der Waals surface area contributed by atoms with Crippen LogP contribution < -0.4 is 5.32 Å². The molecule has 0 saturated carbocycles. The van der Waals surface area contributed by atoms with Crippen molar-refractivity contribution in [3.05, 3.63) is 48.3 Å². The summed E-state index contributed by atoms with van der Waals surface area (Å²) in [5.41, 5.74) is 4.67. The van der Waals surface area contributed by atoms with Gasteiger partial charge in [-0.1, -0.05) is 12.1 Å². The van der Waals surface area contributed by atoms with Crippen molar-refractivity contribution in [3.63, 3.8) is 0 Å². The van der Waals surface area contributed by atoms with E-state index in [0.29, 0.717) is 0 Å². The van der Waals surface area contributed by atoms with Crippen LogP contribution in [0.3, 0.4) is 0 Å². The molecule has 1 aromatic heterocycles. The van der Waals surface area contributed by atoms with Gasteiger partial charge in [-0.3, -0.25) is 4.98 Å². The first-order valence-corrected chi connectivity index (χ1v) is 4.99. The van der Waals surface area contributed by atoms with Crippen molar-refractivity contribution in [2.24, 2.45) is 0 Å². The summed E-state index contributed by atoms with van der Waals surface area (Å²) in [4.78, 5) is 4.19. The molecule has 0 atom stereocenters. The van der Waals surface area contributed by atoms with Gasteiger partial charge in [0.25, 0.3) is 0 Å². The van der Waals surface area contributed by atoms with Crippen molar-refractivity contribution < 1.29 is 0 Å². The SMILES string of the molecule is CNc1ccc(-c2cncc(C)c2)cc1. The van der Waals surface area contributed by atoms with E-state index in [1.165, 1.54) is 11.1 Å². The van der Waals surface area contributed by atoms with Gasteiger partial charge in [0.05, 0.1) is 0 Å². The summed E-state index contributed by atoms with van der Waals surface area (Å²) in [6, 6.07) is 10.5. The zero-order valence-electron chi connectivity index (χ0n) is 8.99. The van der Waals surface area contributed by atoms with Crippen LogP contribution in [0.5, 0.6) is 0 Å². The number of nitrogens with zero attached hydrogens (tertiary/aromatic N) is 1. The van der Waals surface area contributed by atoms with Crippen LogP contribution in [0.15, 0.2) is 42.7 Å². The summed E-state index contributed by atoms with van der Waals surface area (Å²) >= 11 is 0. The van der Waals surface area contributed by atoms with Gasteiger partial charge in [0.2, 0.25) is 0 Å². The highest BCUT2D eigenvalue weighted by atomic mass is 14.8. The van der Waals surface area contributed by atoms with E-state index in [9.17, 15) is 0 Å². The van der Waals surface area contributed by atoms with Crippen molar-refractivity contribution >= 4 is 5.69 Å². The van der Waals surface area contributed by atoms with E-state index < -0.39 is 0 Å². The molecule has 76 valence electrons. The normalized spacial score (nSPS) is 10.0. The first-order valence-electron chi connectivity index (χ1n) is 4.99. The second-order valence-corrected chi connectivity index (χ2v) is 3.58. The largest absolute Gasteiger partial charge is 0.388 e. The van der Waals surface area contributed by atoms with Gasteiger partial charge < -0.3 is 5.32 Å². The molecule has 0 unspecified atom stereocenters. The van der Waals surface area contributed by atoms with E-state index in [1.807, 2.05) is 19.4 Å². The van der Waals surface area contributed by atoms with Crippen LogP contribution in [0, 0.1) is 6.92 Å². The van der Waals surface area contributed by atoms with Crippen LogP contribution in [0.25, 0.3) is 11.1 Å². The highest BCUT2D eigenvalue weighted by Gasteiger charge is 1.97. The minimum Gasteiger partial charge on any atom is -0.388 e. The number of aromatic nitrogens is 1. The maximum absolute atomic E-state index is 4.19. The molecule has 0 amide bonds. The van der Waals surface area contributed by atoms with Gasteiger partial charge in [-0.2, -0.15) is 0 Å². The minimum absolute atomic E-state index is 1.12. The monoisotopic (exact) mass is 198 g/mol. The maximum atomic E-state index is 4.19. The third kappa shape index (κ3) is 2.15. The molecule has 0 fully saturated rings. The Hall–Kier alpha value is -1.83. The van der Waals surface area contributed by atoms with Gasteiger partial charge in [-0.15, -0.1) is 0 Å². The van der Waals surface area contributed by atoms with Crippen LogP contribution in [0.2, 0.25) is 0 Å². The third-order valence-corrected chi connectivity index (χ3v) is 2.38. The van der Waals surface area contributed by atoms with Gasteiger partial charge >= 0.3 is 0 Å². The minimum atomic E-state index is 1.12. The molecule has 1 heterocycles. The Labute approximate surface area is 90.0 Å². The number of nitrogens with one attached hydrogen (secondary N) is 1. The van der Waals surface area contributed by atoms with Gasteiger partial charge in [-0.25, -0.2) is 0 Å². The second kappa shape index (κ2) is 4.13. The number of rotatable bonds is 2. The zero-order valence-corrected chi connectivity index (χ0v) is 8.99. The Morgan fingerprint density at radius 1 is 1.00 bits per heavy atom. The van der Waals surface area contributed by atoms with Crippen LogP contribution in [-0.2, 0) is 0 Å². The summed E-state index contributed by atoms with van der Waals surface area (Å²) < 4.78 is 0. The summed E-state index contributed by atoms with van der Waals surface area (Å²) in [5, 5.41) is 3.10. The van der Waals surface area contributed by atoms with E-state index >= 15 is 0 Å². The Balaban J connectivity index is 2.37. The van der Waals surface area contributed by atoms with Crippen molar-refractivity contribution in [3.8, 4) is 11.1 Å². The van der Waals surface area contributed by atoms with E-state index in [0.717, 1.165) is 11.3 Å². The van der Waals surface area contributed by atoms with Crippen molar-refractivity contribution in [2.45, 2.75) is 6.92 Å². The summed E-state index contributed by atoms with van der Waals surface area (Å²) in [6.07, 6.45) is 3.76. The molecule has 1 aromatic carbocycles. The molecule has 0 saturated heterocycles. The molecule has 0 aliphatic rings. The quantitative estimate of drug-likeness (QED) is 0.802. The Bertz CT molecular complexity index is 446. The molecule has 15 heavy (non-hydrogen) atoms. The molecular formula is C13H14N2. The van der Waals surface area contributed by atoms with Gasteiger partial charge in [0.15, 0.2) is 0 Å². The fourth-order valence-electron chi connectivity index (χ4n) is 1.54. The van der Waals surface area contributed by atoms with Crippen molar-refractivity contribution in [2.75, 3.05) is 12.4 Å². The highest BCUT2D eigenvalue weighted by molar-refractivity contribution is 5.65.